The van der Waals surface area contributed by atoms with E-state index in [1.54, 1.807) is 13.8 Å². The molecule has 11 atom stereocenters. The van der Waals surface area contributed by atoms with Crippen LogP contribution in [0.15, 0.2) is 0 Å². The van der Waals surface area contributed by atoms with Crippen LogP contribution in [-0.2, 0) is 52.7 Å². The first-order chi connectivity index (χ1) is 22.7. The quantitative estimate of drug-likeness (QED) is 0.0389. The van der Waals surface area contributed by atoms with Gasteiger partial charge in [0.05, 0.1) is 91.0 Å². The Morgan fingerprint density at radius 2 is 1.25 bits per heavy atom. The third kappa shape index (κ3) is 14.5. The van der Waals surface area contributed by atoms with Gasteiger partial charge in [-0.3, -0.25) is 4.55 Å². The molecule has 0 saturated carbocycles. The van der Waals surface area contributed by atoms with Crippen molar-refractivity contribution in [3.05, 3.63) is 0 Å². The van der Waals surface area contributed by atoms with Gasteiger partial charge in [0.15, 0.2) is 6.29 Å². The third-order valence-corrected chi connectivity index (χ3v) is 8.18. The zero-order valence-electron chi connectivity index (χ0n) is 28.0. The molecular weight excluding hydrogens is 668 g/mol. The van der Waals surface area contributed by atoms with E-state index < -0.39 is 83.2 Å². The summed E-state index contributed by atoms with van der Waals surface area (Å²) >= 11 is 0. The van der Waals surface area contributed by atoms with Crippen LogP contribution in [0.2, 0.25) is 0 Å². The van der Waals surface area contributed by atoms with E-state index >= 15 is 0 Å². The van der Waals surface area contributed by atoms with Gasteiger partial charge in [0.2, 0.25) is 0 Å². The Morgan fingerprint density at radius 3 is 1.81 bits per heavy atom. The van der Waals surface area contributed by atoms with Crippen LogP contribution < -0.4 is 0 Å². The van der Waals surface area contributed by atoms with Gasteiger partial charge in [-0.2, -0.15) is 8.42 Å². The zero-order valence-corrected chi connectivity index (χ0v) is 28.8. The van der Waals surface area contributed by atoms with Gasteiger partial charge in [-0.05, 0) is 19.8 Å². The summed E-state index contributed by atoms with van der Waals surface area (Å²) in [5, 5.41) is 60.9. The Hall–Kier alpha value is -0.690. The Bertz CT molecular complexity index is 954. The fourth-order valence-electron chi connectivity index (χ4n) is 5.41. The molecule has 0 bridgehead atoms. The first-order valence-corrected chi connectivity index (χ1v) is 17.7. The van der Waals surface area contributed by atoms with Crippen LogP contribution in [0.4, 0.5) is 0 Å². The van der Waals surface area contributed by atoms with E-state index in [-0.39, 0.29) is 84.7 Å². The molecule has 48 heavy (non-hydrogen) atoms. The van der Waals surface area contributed by atoms with Crippen molar-refractivity contribution in [2.45, 2.75) is 101 Å². The summed E-state index contributed by atoms with van der Waals surface area (Å²) in [7, 11) is -4.37. The molecule has 7 N–H and O–H groups in total. The minimum absolute atomic E-state index is 0.00140. The summed E-state index contributed by atoms with van der Waals surface area (Å²) in [5.41, 5.74) is 0. The second-order valence-corrected chi connectivity index (χ2v) is 13.6. The smallest absolute Gasteiger partial charge is 0.267 e. The second-order valence-electron chi connectivity index (χ2n) is 12.1. The van der Waals surface area contributed by atoms with Gasteiger partial charge in [0.25, 0.3) is 10.1 Å². The SMILES string of the molecule is CC(C)OC1C(COCCO)OC(OC2C(COCCOCC(O)CS(=O)(=O)O)OC(C(C)C)C(OCCO)C2O)C(OCCO)C1O. The molecule has 0 aromatic rings. The van der Waals surface area contributed by atoms with Crippen molar-refractivity contribution in [3.8, 4) is 0 Å². The van der Waals surface area contributed by atoms with Gasteiger partial charge >= 0.3 is 0 Å². The molecule has 286 valence electrons. The molecule has 0 aliphatic carbocycles. The molecule has 0 radical (unpaired) electrons. The van der Waals surface area contributed by atoms with Gasteiger partial charge < -0.3 is 73.3 Å². The first kappa shape index (κ1) is 43.5. The largest absolute Gasteiger partial charge is 0.394 e. The second kappa shape index (κ2) is 22.3. The lowest BCUT2D eigenvalue weighted by molar-refractivity contribution is -0.357. The molecule has 11 unspecified atom stereocenters. The number of hydrogen-bond donors (Lipinski definition) is 7. The molecule has 2 aliphatic heterocycles. The molecule has 19 heteroatoms. The Morgan fingerprint density at radius 1 is 0.708 bits per heavy atom. The predicted octanol–water partition coefficient (Wildman–Crippen LogP) is -2.92. The number of ether oxygens (including phenoxy) is 9. The minimum Gasteiger partial charge on any atom is -0.394 e. The maximum Gasteiger partial charge on any atom is 0.267 e. The highest BCUT2D eigenvalue weighted by molar-refractivity contribution is 7.85. The van der Waals surface area contributed by atoms with E-state index in [0.717, 1.165) is 0 Å². The molecule has 2 saturated heterocycles. The van der Waals surface area contributed by atoms with Crippen molar-refractivity contribution in [2.24, 2.45) is 5.92 Å². The normalized spacial score (nSPS) is 32.3. The summed E-state index contributed by atoms with van der Waals surface area (Å²) in [5.74, 6) is -1.04. The van der Waals surface area contributed by atoms with Crippen molar-refractivity contribution in [1.82, 2.24) is 0 Å². The van der Waals surface area contributed by atoms with E-state index in [2.05, 4.69) is 0 Å². The van der Waals surface area contributed by atoms with E-state index in [9.17, 15) is 39.1 Å². The summed E-state index contributed by atoms with van der Waals surface area (Å²) < 4.78 is 83.5. The molecule has 0 amide bonds. The fraction of sp³-hybridized carbons (Fsp3) is 1.00. The number of hydrogen-bond acceptors (Lipinski definition) is 17. The van der Waals surface area contributed by atoms with Crippen molar-refractivity contribution < 1.29 is 86.2 Å². The van der Waals surface area contributed by atoms with Crippen LogP contribution in [-0.4, -0.2) is 195 Å². The highest BCUT2D eigenvalue weighted by Gasteiger charge is 2.53. The van der Waals surface area contributed by atoms with Crippen LogP contribution >= 0.6 is 0 Å². The monoisotopic (exact) mass is 724 g/mol. The van der Waals surface area contributed by atoms with Crippen LogP contribution in [0.5, 0.6) is 0 Å². The molecule has 2 aliphatic rings. The summed E-state index contributed by atoms with van der Waals surface area (Å²) in [6.07, 6.45) is -12.6. The van der Waals surface area contributed by atoms with Crippen LogP contribution in [0, 0.1) is 5.92 Å². The Kier molecular flexibility index (Phi) is 20.2. The lowest BCUT2D eigenvalue weighted by Crippen LogP contribution is -2.66. The zero-order chi connectivity index (χ0) is 35.9. The molecular formula is C29H56O18S. The van der Waals surface area contributed by atoms with E-state index in [1.165, 1.54) is 0 Å². The lowest BCUT2D eigenvalue weighted by Gasteiger charge is -2.49. The van der Waals surface area contributed by atoms with Crippen molar-refractivity contribution in [2.75, 3.05) is 78.4 Å². The average molecular weight is 725 g/mol. The molecule has 18 nitrogen and oxygen atoms in total. The molecule has 0 spiro atoms. The highest BCUT2D eigenvalue weighted by Crippen LogP contribution is 2.34. The summed E-state index contributed by atoms with van der Waals surface area (Å²) in [6, 6.07) is 0. The lowest BCUT2D eigenvalue weighted by atomic mass is 9.89. The van der Waals surface area contributed by atoms with E-state index in [0.29, 0.717) is 0 Å². The van der Waals surface area contributed by atoms with Gasteiger partial charge in [-0.25, -0.2) is 0 Å². The first-order valence-electron chi connectivity index (χ1n) is 16.1. The van der Waals surface area contributed by atoms with Crippen LogP contribution in [0.3, 0.4) is 0 Å². The summed E-state index contributed by atoms with van der Waals surface area (Å²) in [4.78, 5) is 0. The third-order valence-electron chi connectivity index (χ3n) is 7.38. The number of aliphatic hydroxyl groups excluding tert-OH is 6. The number of rotatable bonds is 24. The van der Waals surface area contributed by atoms with E-state index in [1.807, 2.05) is 13.8 Å². The molecule has 0 aromatic carbocycles. The standard InChI is InChI=1S/C29H56O18S/c1-17(2)24-27(42-9-6-31)22(34)26(20(45-24)14-41-12-11-40-13-19(33)16-48(36,37)38)47-29-28(43-10-7-32)23(35)25(44-18(3)4)21(46-29)15-39-8-5-30/h17-35H,5-16H2,1-4H3,(H,36,37,38). The average Bonchev–Trinajstić information content (AvgIpc) is 3.00. The Labute approximate surface area is 281 Å². The van der Waals surface area contributed by atoms with Crippen LogP contribution in [0.25, 0.3) is 0 Å². The predicted molar refractivity (Wildman–Crippen MR) is 165 cm³/mol. The topological polar surface area (TPSA) is 259 Å². The Balaban J connectivity index is 2.28. The molecule has 2 rings (SSSR count). The van der Waals surface area contributed by atoms with Crippen molar-refractivity contribution >= 4 is 10.1 Å². The van der Waals surface area contributed by atoms with Gasteiger partial charge in [0.1, 0.15) is 54.6 Å². The van der Waals surface area contributed by atoms with Crippen LogP contribution in [0.1, 0.15) is 27.7 Å². The molecule has 0 aromatic heterocycles. The van der Waals surface area contributed by atoms with Crippen molar-refractivity contribution in [3.63, 3.8) is 0 Å². The van der Waals surface area contributed by atoms with E-state index in [4.69, 9.17) is 47.2 Å². The van der Waals surface area contributed by atoms with Crippen molar-refractivity contribution in [1.29, 1.82) is 0 Å². The molecule has 2 heterocycles. The van der Waals surface area contributed by atoms with Gasteiger partial charge in [0, 0.05) is 0 Å². The highest BCUT2D eigenvalue weighted by atomic mass is 32.2. The molecule has 2 fully saturated rings. The number of aliphatic hydroxyl groups is 6. The maximum atomic E-state index is 11.6. The minimum atomic E-state index is -4.37. The summed E-state index contributed by atoms with van der Waals surface area (Å²) in [6.45, 7) is 5.38. The van der Waals surface area contributed by atoms with Gasteiger partial charge in [-0.15, -0.1) is 0 Å². The fourth-order valence-corrected chi connectivity index (χ4v) is 6.00. The van der Waals surface area contributed by atoms with Gasteiger partial charge in [-0.1, -0.05) is 13.8 Å². The maximum absolute atomic E-state index is 11.6.